The average Bonchev–Trinajstić information content (AvgIpc) is 3.96. The van der Waals surface area contributed by atoms with Crippen molar-refractivity contribution in [2.45, 2.75) is 0 Å². The summed E-state index contributed by atoms with van der Waals surface area (Å²) in [5.74, 6) is 1.84. The minimum Gasteiger partial charge on any atom is -0.455 e. The molecule has 12 aromatic rings. The zero-order valence-electron chi connectivity index (χ0n) is 30.4. The highest BCUT2D eigenvalue weighted by Gasteiger charge is 2.21. The quantitative estimate of drug-likeness (QED) is 0.176. The minimum absolute atomic E-state index is 0.590. The van der Waals surface area contributed by atoms with Gasteiger partial charge in [-0.2, -0.15) is 0 Å². The standard InChI is InChI=1S/C51H30N4OS/c1-4-14-31(15-5-1)40-29-35(55-42-22-12-10-21-39(42)46-43(55)27-26-38-37-20-11-13-23-45(37)57-48(38)46)30-41-36-25-24-34(28-44(36)56-47(40)41)51-53-49(32-16-6-2-7-17-32)52-50(54-51)33-18-8-3-9-19-33/h1-30H. The number of hydrogen-bond acceptors (Lipinski definition) is 5. The number of aromatic nitrogens is 4. The predicted octanol–water partition coefficient (Wildman–Crippen LogP) is 13.9. The van der Waals surface area contributed by atoms with Crippen molar-refractivity contribution in [3.63, 3.8) is 0 Å². The lowest BCUT2D eigenvalue weighted by atomic mass is 10.0. The highest BCUT2D eigenvalue weighted by Crippen LogP contribution is 2.45. The molecule has 4 aromatic heterocycles. The monoisotopic (exact) mass is 746 g/mol. The fourth-order valence-corrected chi connectivity index (χ4v) is 9.67. The van der Waals surface area contributed by atoms with Gasteiger partial charge in [-0.25, -0.2) is 15.0 Å². The van der Waals surface area contributed by atoms with Crippen molar-refractivity contribution < 1.29 is 4.42 Å². The van der Waals surface area contributed by atoms with Crippen LogP contribution in [0.25, 0.3) is 115 Å². The summed E-state index contributed by atoms with van der Waals surface area (Å²) in [6.45, 7) is 0. The number of para-hydroxylation sites is 1. The van der Waals surface area contributed by atoms with Crippen molar-refractivity contribution in [2.24, 2.45) is 0 Å². The van der Waals surface area contributed by atoms with Crippen LogP contribution in [0.4, 0.5) is 0 Å². The number of hydrogen-bond donors (Lipinski definition) is 0. The fraction of sp³-hybridized carbons (Fsp3) is 0. The number of thiophene rings is 1. The number of benzene rings is 8. The van der Waals surface area contributed by atoms with Gasteiger partial charge in [0.05, 0.1) is 11.0 Å². The van der Waals surface area contributed by atoms with E-state index in [2.05, 4.69) is 126 Å². The van der Waals surface area contributed by atoms with Crippen LogP contribution in [0.5, 0.6) is 0 Å². The first kappa shape index (κ1) is 31.9. The first-order valence-corrected chi connectivity index (χ1v) is 19.8. The van der Waals surface area contributed by atoms with Crippen LogP contribution in [0.3, 0.4) is 0 Å². The fourth-order valence-electron chi connectivity index (χ4n) is 8.41. The summed E-state index contributed by atoms with van der Waals surface area (Å²) in [6.07, 6.45) is 0. The van der Waals surface area contributed by atoms with E-state index in [1.54, 1.807) is 0 Å². The molecule has 0 unspecified atom stereocenters. The van der Waals surface area contributed by atoms with Gasteiger partial charge in [0.25, 0.3) is 0 Å². The molecular weight excluding hydrogens is 717 g/mol. The lowest BCUT2D eigenvalue weighted by molar-refractivity contribution is 0.670. The molecule has 4 heterocycles. The summed E-state index contributed by atoms with van der Waals surface area (Å²) in [5.41, 5.74) is 9.89. The molecule has 0 saturated heterocycles. The maximum absolute atomic E-state index is 6.89. The van der Waals surface area contributed by atoms with E-state index in [0.29, 0.717) is 17.5 Å². The number of nitrogens with zero attached hydrogens (tertiary/aromatic N) is 4. The molecule has 6 heteroatoms. The Labute approximate surface area is 330 Å². The molecule has 0 spiro atoms. The molecule has 0 bridgehead atoms. The number of furan rings is 1. The molecule has 0 amide bonds. The Balaban J connectivity index is 1.10. The highest BCUT2D eigenvalue weighted by molar-refractivity contribution is 7.26. The van der Waals surface area contributed by atoms with Gasteiger partial charge in [-0.15, -0.1) is 11.3 Å². The Morgan fingerprint density at radius 3 is 1.74 bits per heavy atom. The van der Waals surface area contributed by atoms with Crippen LogP contribution in [0, 0.1) is 0 Å². The summed E-state index contributed by atoms with van der Waals surface area (Å²) >= 11 is 1.88. The molecule has 0 aliphatic rings. The van der Waals surface area contributed by atoms with Crippen LogP contribution in [0.15, 0.2) is 186 Å². The summed E-state index contributed by atoms with van der Waals surface area (Å²) < 4.78 is 11.9. The number of fused-ring (bicyclic) bond motifs is 10. The van der Waals surface area contributed by atoms with E-state index in [1.165, 1.54) is 42.0 Å². The molecule has 0 aliphatic carbocycles. The zero-order valence-corrected chi connectivity index (χ0v) is 31.2. The Hall–Kier alpha value is -7.41. The van der Waals surface area contributed by atoms with E-state index in [1.807, 2.05) is 72.0 Å². The van der Waals surface area contributed by atoms with Crippen LogP contribution in [-0.4, -0.2) is 19.5 Å². The molecule has 266 valence electrons. The van der Waals surface area contributed by atoms with E-state index >= 15 is 0 Å². The second-order valence-corrected chi connectivity index (χ2v) is 15.4. The summed E-state index contributed by atoms with van der Waals surface area (Å²) in [5, 5.41) is 7.21. The molecule has 57 heavy (non-hydrogen) atoms. The topological polar surface area (TPSA) is 56.7 Å². The molecule has 0 atom stereocenters. The normalized spacial score (nSPS) is 11.9. The van der Waals surface area contributed by atoms with Crippen molar-refractivity contribution in [3.8, 4) is 51.0 Å². The maximum atomic E-state index is 6.89. The van der Waals surface area contributed by atoms with Gasteiger partial charge in [0.2, 0.25) is 0 Å². The summed E-state index contributed by atoms with van der Waals surface area (Å²) in [6, 6.07) is 63.7. The smallest absolute Gasteiger partial charge is 0.164 e. The van der Waals surface area contributed by atoms with Crippen molar-refractivity contribution in [2.75, 3.05) is 0 Å². The van der Waals surface area contributed by atoms with Crippen LogP contribution < -0.4 is 0 Å². The van der Waals surface area contributed by atoms with E-state index in [0.717, 1.165) is 55.4 Å². The van der Waals surface area contributed by atoms with Crippen molar-refractivity contribution in [3.05, 3.63) is 182 Å². The molecular formula is C51H30N4OS. The third-order valence-corrected chi connectivity index (χ3v) is 12.2. The van der Waals surface area contributed by atoms with Crippen molar-refractivity contribution in [1.82, 2.24) is 19.5 Å². The van der Waals surface area contributed by atoms with E-state index in [-0.39, 0.29) is 0 Å². The summed E-state index contributed by atoms with van der Waals surface area (Å²) in [7, 11) is 0. The van der Waals surface area contributed by atoms with Gasteiger partial charge in [-0.3, -0.25) is 0 Å². The van der Waals surface area contributed by atoms with Gasteiger partial charge < -0.3 is 8.98 Å². The van der Waals surface area contributed by atoms with Crippen LogP contribution in [-0.2, 0) is 0 Å². The molecule has 12 rings (SSSR count). The Bertz CT molecular complexity index is 3460. The largest absolute Gasteiger partial charge is 0.455 e. The van der Waals surface area contributed by atoms with Crippen molar-refractivity contribution in [1.29, 1.82) is 0 Å². The second-order valence-electron chi connectivity index (χ2n) is 14.4. The Kier molecular flexibility index (Phi) is 7.03. The molecule has 0 aliphatic heterocycles. The zero-order chi connectivity index (χ0) is 37.5. The number of rotatable bonds is 5. The van der Waals surface area contributed by atoms with E-state index in [4.69, 9.17) is 19.4 Å². The molecule has 0 saturated carbocycles. The molecule has 0 N–H and O–H groups in total. The first-order chi connectivity index (χ1) is 28.2. The van der Waals surface area contributed by atoms with Gasteiger partial charge in [0.1, 0.15) is 11.2 Å². The molecule has 0 radical (unpaired) electrons. The lowest BCUT2D eigenvalue weighted by Gasteiger charge is -2.12. The van der Waals surface area contributed by atoms with Gasteiger partial charge >= 0.3 is 0 Å². The SMILES string of the molecule is c1ccc(-c2nc(-c3ccccc3)nc(-c3ccc4c(c3)oc3c(-c5ccccc5)cc(-n5c6ccccc6c6c7sc8ccccc8c7ccc65)cc34)n2)cc1. The third kappa shape index (κ3) is 5.04. The van der Waals surface area contributed by atoms with Crippen LogP contribution in [0.2, 0.25) is 0 Å². The molecule has 8 aromatic carbocycles. The minimum atomic E-state index is 0.590. The van der Waals surface area contributed by atoms with Gasteiger partial charge in [0, 0.05) is 69.7 Å². The van der Waals surface area contributed by atoms with E-state index < -0.39 is 0 Å². The van der Waals surface area contributed by atoms with Crippen LogP contribution in [0.1, 0.15) is 0 Å². The predicted molar refractivity (Wildman–Crippen MR) is 236 cm³/mol. The second kappa shape index (κ2) is 12.6. The molecule has 5 nitrogen and oxygen atoms in total. The van der Waals surface area contributed by atoms with E-state index in [9.17, 15) is 0 Å². The third-order valence-electron chi connectivity index (χ3n) is 11.0. The van der Waals surface area contributed by atoms with Gasteiger partial charge in [-0.1, -0.05) is 140 Å². The Morgan fingerprint density at radius 1 is 0.421 bits per heavy atom. The maximum Gasteiger partial charge on any atom is 0.164 e. The Morgan fingerprint density at radius 2 is 1.02 bits per heavy atom. The van der Waals surface area contributed by atoms with Gasteiger partial charge in [0.15, 0.2) is 17.5 Å². The lowest BCUT2D eigenvalue weighted by Crippen LogP contribution is -2.00. The molecule has 0 fully saturated rings. The van der Waals surface area contributed by atoms with Gasteiger partial charge in [-0.05, 0) is 48.0 Å². The van der Waals surface area contributed by atoms with Crippen LogP contribution >= 0.6 is 11.3 Å². The van der Waals surface area contributed by atoms with Crippen molar-refractivity contribution >= 4 is 75.3 Å². The summed E-state index contributed by atoms with van der Waals surface area (Å²) in [4.78, 5) is 14.9. The highest BCUT2D eigenvalue weighted by atomic mass is 32.1. The average molecular weight is 747 g/mol. The first-order valence-electron chi connectivity index (χ1n) is 19.0.